The number of fused-ring (bicyclic) bond motifs is 1. The van der Waals surface area contributed by atoms with Crippen LogP contribution in [0.5, 0.6) is 11.5 Å². The molecule has 0 unspecified atom stereocenters. The van der Waals surface area contributed by atoms with Crippen LogP contribution in [0, 0.1) is 11.8 Å². The van der Waals surface area contributed by atoms with Gasteiger partial charge in [0, 0.05) is 23.2 Å². The molecule has 1 aromatic heterocycles. The Hall–Kier alpha value is -3.52. The first-order valence-corrected chi connectivity index (χ1v) is 8.12. The van der Waals surface area contributed by atoms with Crippen molar-refractivity contribution in [2.75, 3.05) is 20.3 Å². The second-order valence-corrected chi connectivity index (χ2v) is 5.41. The average Bonchev–Trinajstić information content (AvgIpc) is 2.70. The van der Waals surface area contributed by atoms with Crippen molar-refractivity contribution < 1.29 is 14.3 Å². The fourth-order valence-corrected chi connectivity index (χ4v) is 2.36. The van der Waals surface area contributed by atoms with E-state index in [1.54, 1.807) is 37.6 Å². The molecule has 0 fully saturated rings. The third-order valence-corrected chi connectivity index (χ3v) is 3.68. The maximum Gasteiger partial charge on any atom is 0.252 e. The van der Waals surface area contributed by atoms with Gasteiger partial charge in [-0.1, -0.05) is 24.0 Å². The number of carbonyl (C=O) groups excluding carboxylic acids is 1. The Balaban J connectivity index is 1.47. The minimum Gasteiger partial charge on any atom is -0.497 e. The van der Waals surface area contributed by atoms with Gasteiger partial charge in [-0.2, -0.15) is 0 Å². The molecule has 0 aliphatic rings. The summed E-state index contributed by atoms with van der Waals surface area (Å²) in [5.41, 5.74) is 1.41. The summed E-state index contributed by atoms with van der Waals surface area (Å²) in [7, 11) is 1.56. The summed E-state index contributed by atoms with van der Waals surface area (Å²) < 4.78 is 10.7. The SMILES string of the molecule is COc1cccc(C(=O)NCC#CCOc2ccc3cccnc3c2)c1. The molecular weight excluding hydrogens is 328 g/mol. The molecule has 3 rings (SSSR count). The van der Waals surface area contributed by atoms with Gasteiger partial charge in [0.2, 0.25) is 0 Å². The van der Waals surface area contributed by atoms with E-state index in [2.05, 4.69) is 22.1 Å². The topological polar surface area (TPSA) is 60.5 Å². The zero-order valence-electron chi connectivity index (χ0n) is 14.4. The van der Waals surface area contributed by atoms with Gasteiger partial charge in [0.1, 0.15) is 18.1 Å². The van der Waals surface area contributed by atoms with Gasteiger partial charge in [0.15, 0.2) is 0 Å². The highest BCUT2D eigenvalue weighted by molar-refractivity contribution is 5.94. The molecule has 0 spiro atoms. The van der Waals surface area contributed by atoms with Crippen molar-refractivity contribution in [3.63, 3.8) is 0 Å². The van der Waals surface area contributed by atoms with Crippen LogP contribution < -0.4 is 14.8 Å². The van der Waals surface area contributed by atoms with Crippen LogP contribution in [-0.4, -0.2) is 31.2 Å². The molecule has 0 radical (unpaired) electrons. The Kier molecular flexibility index (Phi) is 5.69. The molecule has 3 aromatic rings. The molecule has 0 bridgehead atoms. The van der Waals surface area contributed by atoms with E-state index in [9.17, 15) is 4.79 Å². The van der Waals surface area contributed by atoms with E-state index in [0.29, 0.717) is 17.1 Å². The molecule has 0 atom stereocenters. The van der Waals surface area contributed by atoms with Crippen LogP contribution in [0.2, 0.25) is 0 Å². The van der Waals surface area contributed by atoms with Gasteiger partial charge >= 0.3 is 0 Å². The molecule has 0 saturated carbocycles. The second-order valence-electron chi connectivity index (χ2n) is 5.41. The molecule has 1 N–H and O–H groups in total. The van der Waals surface area contributed by atoms with Crippen molar-refractivity contribution in [3.05, 3.63) is 66.4 Å². The van der Waals surface area contributed by atoms with Gasteiger partial charge < -0.3 is 14.8 Å². The predicted molar refractivity (Wildman–Crippen MR) is 100 cm³/mol. The molecule has 5 heteroatoms. The monoisotopic (exact) mass is 346 g/mol. The summed E-state index contributed by atoms with van der Waals surface area (Å²) in [5, 5.41) is 3.80. The molecule has 5 nitrogen and oxygen atoms in total. The van der Waals surface area contributed by atoms with E-state index in [-0.39, 0.29) is 19.1 Å². The van der Waals surface area contributed by atoms with Crippen molar-refractivity contribution in [2.24, 2.45) is 0 Å². The summed E-state index contributed by atoms with van der Waals surface area (Å²) in [6, 6.07) is 16.6. The fourth-order valence-electron chi connectivity index (χ4n) is 2.36. The molecule has 26 heavy (non-hydrogen) atoms. The fraction of sp³-hybridized carbons (Fsp3) is 0.143. The van der Waals surface area contributed by atoms with E-state index in [0.717, 1.165) is 10.9 Å². The van der Waals surface area contributed by atoms with Gasteiger partial charge in [-0.05, 0) is 36.4 Å². The van der Waals surface area contributed by atoms with Gasteiger partial charge in [-0.3, -0.25) is 9.78 Å². The molecule has 1 amide bonds. The third-order valence-electron chi connectivity index (χ3n) is 3.68. The van der Waals surface area contributed by atoms with E-state index in [4.69, 9.17) is 9.47 Å². The number of benzene rings is 2. The van der Waals surface area contributed by atoms with Crippen LogP contribution >= 0.6 is 0 Å². The van der Waals surface area contributed by atoms with Crippen LogP contribution in [0.3, 0.4) is 0 Å². The molecule has 2 aromatic carbocycles. The number of amides is 1. The first-order valence-electron chi connectivity index (χ1n) is 8.12. The smallest absolute Gasteiger partial charge is 0.252 e. The van der Waals surface area contributed by atoms with E-state index >= 15 is 0 Å². The van der Waals surface area contributed by atoms with Crippen molar-refractivity contribution in [1.82, 2.24) is 10.3 Å². The first kappa shape index (κ1) is 17.3. The quantitative estimate of drug-likeness (QED) is 0.722. The van der Waals surface area contributed by atoms with Crippen LogP contribution in [0.1, 0.15) is 10.4 Å². The van der Waals surface area contributed by atoms with Crippen molar-refractivity contribution in [2.45, 2.75) is 0 Å². The number of methoxy groups -OCH3 is 1. The molecule has 0 aliphatic heterocycles. The number of carbonyl (C=O) groups is 1. The Morgan fingerprint density at radius 1 is 1.08 bits per heavy atom. The second kappa shape index (κ2) is 8.54. The Labute approximate surface area is 152 Å². The lowest BCUT2D eigenvalue weighted by molar-refractivity contribution is 0.0958. The number of pyridine rings is 1. The predicted octanol–water partition coefficient (Wildman–Crippen LogP) is 3.06. The molecule has 130 valence electrons. The van der Waals surface area contributed by atoms with Crippen molar-refractivity contribution >= 4 is 16.8 Å². The highest BCUT2D eigenvalue weighted by Gasteiger charge is 2.04. The maximum atomic E-state index is 12.0. The zero-order valence-corrected chi connectivity index (χ0v) is 14.4. The number of nitrogens with one attached hydrogen (secondary N) is 1. The molecule has 1 heterocycles. The lowest BCUT2D eigenvalue weighted by Crippen LogP contribution is -2.23. The van der Waals surface area contributed by atoms with Gasteiger partial charge in [-0.15, -0.1) is 0 Å². The summed E-state index contributed by atoms with van der Waals surface area (Å²) in [5.74, 6) is 6.91. The lowest BCUT2D eigenvalue weighted by Gasteiger charge is -2.04. The summed E-state index contributed by atoms with van der Waals surface area (Å²) in [6.45, 7) is 0.492. The van der Waals surface area contributed by atoms with Crippen LogP contribution in [0.25, 0.3) is 10.9 Å². The minimum atomic E-state index is -0.195. The summed E-state index contributed by atoms with van der Waals surface area (Å²) in [6.07, 6.45) is 1.75. The Morgan fingerprint density at radius 2 is 2.00 bits per heavy atom. The van der Waals surface area contributed by atoms with Crippen LogP contribution in [0.4, 0.5) is 0 Å². The number of aromatic nitrogens is 1. The first-order chi connectivity index (χ1) is 12.8. The highest BCUT2D eigenvalue weighted by Crippen LogP contribution is 2.18. The van der Waals surface area contributed by atoms with E-state index in [1.165, 1.54) is 0 Å². The normalized spacial score (nSPS) is 9.88. The number of nitrogens with zero attached hydrogens (tertiary/aromatic N) is 1. The average molecular weight is 346 g/mol. The van der Waals surface area contributed by atoms with Gasteiger partial charge in [-0.25, -0.2) is 0 Å². The summed E-state index contributed by atoms with van der Waals surface area (Å²) >= 11 is 0. The Morgan fingerprint density at radius 3 is 2.88 bits per heavy atom. The van der Waals surface area contributed by atoms with E-state index < -0.39 is 0 Å². The molecule has 0 aliphatic carbocycles. The number of rotatable bonds is 5. The maximum absolute atomic E-state index is 12.0. The van der Waals surface area contributed by atoms with Crippen molar-refractivity contribution in [3.8, 4) is 23.3 Å². The number of hydrogen-bond donors (Lipinski definition) is 1. The van der Waals surface area contributed by atoms with E-state index in [1.807, 2.05) is 30.3 Å². The number of ether oxygens (including phenoxy) is 2. The van der Waals surface area contributed by atoms with Gasteiger partial charge in [0.25, 0.3) is 5.91 Å². The lowest BCUT2D eigenvalue weighted by atomic mass is 10.2. The minimum absolute atomic E-state index is 0.195. The van der Waals surface area contributed by atoms with Crippen LogP contribution in [-0.2, 0) is 0 Å². The summed E-state index contributed by atoms with van der Waals surface area (Å²) in [4.78, 5) is 16.3. The van der Waals surface area contributed by atoms with Crippen molar-refractivity contribution in [1.29, 1.82) is 0 Å². The largest absolute Gasteiger partial charge is 0.497 e. The Bertz CT molecular complexity index is 973. The zero-order chi connectivity index (χ0) is 18.2. The van der Waals surface area contributed by atoms with Crippen LogP contribution in [0.15, 0.2) is 60.8 Å². The molecular formula is C21H18N2O3. The molecule has 0 saturated heterocycles. The standard InChI is InChI=1S/C21H18N2O3/c1-25-18-8-4-6-17(14-18)21(24)23-11-2-3-13-26-19-10-9-16-7-5-12-22-20(16)15-19/h4-10,12,14-15H,11,13H2,1H3,(H,23,24). The van der Waals surface area contributed by atoms with Gasteiger partial charge in [0.05, 0.1) is 19.2 Å². The highest BCUT2D eigenvalue weighted by atomic mass is 16.5. The number of hydrogen-bond acceptors (Lipinski definition) is 4. The third kappa shape index (κ3) is 4.52.